The van der Waals surface area contributed by atoms with Crippen LogP contribution in [0.4, 0.5) is 26.0 Å². The molecular formula is C33H37F2N7O2. The number of nitrogens with zero attached hydrogens (tertiary/aromatic N) is 3. The number of ether oxygens (including phenoxy) is 1. The van der Waals surface area contributed by atoms with Crippen molar-refractivity contribution < 1.29 is 18.3 Å². The second kappa shape index (κ2) is 12.5. The third-order valence-electron chi connectivity index (χ3n) is 8.97. The minimum atomic E-state index is -0.609. The molecule has 0 unspecified atom stereocenters. The van der Waals surface area contributed by atoms with Gasteiger partial charge >= 0.3 is 0 Å². The zero-order valence-electron chi connectivity index (χ0n) is 24.5. The number of carbonyl (C=O) groups excluding carboxylic acids is 1. The second-order valence-corrected chi connectivity index (χ2v) is 12.0. The molecule has 3 aromatic carbocycles. The van der Waals surface area contributed by atoms with E-state index in [0.717, 1.165) is 86.0 Å². The van der Waals surface area contributed by atoms with E-state index in [9.17, 15) is 13.6 Å². The van der Waals surface area contributed by atoms with Gasteiger partial charge in [0.1, 0.15) is 11.6 Å². The van der Waals surface area contributed by atoms with Gasteiger partial charge in [-0.3, -0.25) is 14.8 Å². The number of piperazine rings is 1. The summed E-state index contributed by atoms with van der Waals surface area (Å²) in [5.41, 5.74) is 4.57. The molecule has 0 aliphatic carbocycles. The van der Waals surface area contributed by atoms with Crippen LogP contribution >= 0.6 is 0 Å². The Morgan fingerprint density at radius 2 is 1.70 bits per heavy atom. The maximum Gasteiger partial charge on any atom is 0.258 e. The smallest absolute Gasteiger partial charge is 0.258 e. The summed E-state index contributed by atoms with van der Waals surface area (Å²) in [6.45, 7) is 7.48. The van der Waals surface area contributed by atoms with Crippen LogP contribution in [0.25, 0.3) is 10.9 Å². The molecule has 0 atom stereocenters. The maximum atomic E-state index is 13.8. The maximum absolute atomic E-state index is 13.8. The Bertz CT molecular complexity index is 1620. The number of hydrogen-bond acceptors (Lipinski definition) is 7. The molecule has 3 fully saturated rings. The van der Waals surface area contributed by atoms with Crippen LogP contribution in [0.2, 0.25) is 0 Å². The summed E-state index contributed by atoms with van der Waals surface area (Å²) >= 11 is 0. The molecule has 0 bridgehead atoms. The molecule has 4 N–H and O–H groups in total. The Hall–Kier alpha value is -4.06. The predicted octanol–water partition coefficient (Wildman–Crippen LogP) is 4.37. The van der Waals surface area contributed by atoms with Crippen molar-refractivity contribution in [3.8, 4) is 0 Å². The average molecular weight is 602 g/mol. The number of halogens is 2. The van der Waals surface area contributed by atoms with Crippen LogP contribution in [0.5, 0.6) is 0 Å². The molecule has 3 aliphatic rings. The third-order valence-corrected chi connectivity index (χ3v) is 8.97. The number of rotatable bonds is 8. The molecule has 0 radical (unpaired) electrons. The first-order valence-corrected chi connectivity index (χ1v) is 15.4. The van der Waals surface area contributed by atoms with Gasteiger partial charge in [0.05, 0.1) is 11.1 Å². The van der Waals surface area contributed by atoms with Crippen LogP contribution < -0.4 is 20.9 Å². The Kier molecular flexibility index (Phi) is 8.16. The molecule has 0 saturated carbocycles. The van der Waals surface area contributed by atoms with E-state index >= 15 is 0 Å². The van der Waals surface area contributed by atoms with Crippen molar-refractivity contribution in [3.05, 3.63) is 82.9 Å². The molecule has 3 aliphatic heterocycles. The van der Waals surface area contributed by atoms with E-state index in [1.165, 1.54) is 12.1 Å². The number of aromatic amines is 1. The van der Waals surface area contributed by atoms with Gasteiger partial charge in [-0.1, -0.05) is 6.07 Å². The zero-order valence-corrected chi connectivity index (χ0v) is 24.5. The Morgan fingerprint density at radius 1 is 0.932 bits per heavy atom. The quantitative estimate of drug-likeness (QED) is 0.238. The molecule has 1 aromatic heterocycles. The Labute approximate surface area is 254 Å². The van der Waals surface area contributed by atoms with Crippen molar-refractivity contribution in [3.63, 3.8) is 0 Å². The first kappa shape index (κ1) is 28.7. The number of H-pyrrole nitrogens is 1. The minimum absolute atomic E-state index is 0.218. The second-order valence-electron chi connectivity index (χ2n) is 12.0. The summed E-state index contributed by atoms with van der Waals surface area (Å²) < 4.78 is 33.1. The summed E-state index contributed by atoms with van der Waals surface area (Å²) in [6.07, 6.45) is 2.10. The number of aromatic nitrogens is 2. The number of benzene rings is 3. The number of amides is 1. The van der Waals surface area contributed by atoms with Gasteiger partial charge in [-0.05, 0) is 72.9 Å². The molecular weight excluding hydrogens is 564 g/mol. The highest BCUT2D eigenvalue weighted by atomic mass is 19.1. The molecule has 4 aromatic rings. The number of anilines is 3. The highest BCUT2D eigenvalue weighted by molar-refractivity contribution is 6.11. The highest BCUT2D eigenvalue weighted by Gasteiger charge is 2.28. The molecule has 11 heteroatoms. The lowest BCUT2D eigenvalue weighted by molar-refractivity contribution is 0.0904. The summed E-state index contributed by atoms with van der Waals surface area (Å²) in [5, 5.41) is 18.1. The van der Waals surface area contributed by atoms with Gasteiger partial charge in [0.25, 0.3) is 5.91 Å². The van der Waals surface area contributed by atoms with Crippen LogP contribution in [-0.4, -0.2) is 85.6 Å². The third kappa shape index (κ3) is 6.26. The van der Waals surface area contributed by atoms with E-state index in [1.54, 1.807) is 0 Å². The van der Waals surface area contributed by atoms with Gasteiger partial charge in [-0.2, -0.15) is 5.10 Å². The number of hydrogen-bond donors (Lipinski definition) is 4. The van der Waals surface area contributed by atoms with Crippen molar-refractivity contribution >= 4 is 34.0 Å². The van der Waals surface area contributed by atoms with Crippen LogP contribution in [0.15, 0.2) is 54.6 Å². The molecule has 230 valence electrons. The van der Waals surface area contributed by atoms with Gasteiger partial charge in [-0.15, -0.1) is 0 Å². The lowest BCUT2D eigenvalue weighted by Gasteiger charge is -2.44. The predicted molar refractivity (Wildman–Crippen MR) is 168 cm³/mol. The number of nitrogens with one attached hydrogen (secondary N) is 4. The fourth-order valence-corrected chi connectivity index (χ4v) is 6.38. The van der Waals surface area contributed by atoms with E-state index in [2.05, 4.69) is 42.0 Å². The van der Waals surface area contributed by atoms with Gasteiger partial charge < -0.3 is 25.6 Å². The van der Waals surface area contributed by atoms with Gasteiger partial charge in [-0.25, -0.2) is 8.78 Å². The average Bonchev–Trinajstić information content (AvgIpc) is 3.38. The number of carbonyl (C=O) groups is 1. The SMILES string of the molecule is O=C(Nc1n[nH]c2ccc(Cc3cc(F)cc(F)c3)cc12)c1ccc(N2CCN(C3CNC3)CC2)cc1NC1CCOCC1. The first-order chi connectivity index (χ1) is 21.5. The monoisotopic (exact) mass is 601 g/mol. The molecule has 7 rings (SSSR count). The molecule has 1 amide bonds. The van der Waals surface area contributed by atoms with Crippen molar-refractivity contribution in [1.82, 2.24) is 20.4 Å². The molecule has 0 spiro atoms. The molecule has 44 heavy (non-hydrogen) atoms. The highest BCUT2D eigenvalue weighted by Crippen LogP contribution is 2.30. The van der Waals surface area contributed by atoms with E-state index in [0.29, 0.717) is 42.6 Å². The topological polar surface area (TPSA) is 97.6 Å². The number of fused-ring (bicyclic) bond motifs is 1. The Balaban J connectivity index is 1.11. The van der Waals surface area contributed by atoms with Gasteiger partial charge in [0.15, 0.2) is 5.82 Å². The van der Waals surface area contributed by atoms with E-state index in [-0.39, 0.29) is 11.9 Å². The summed E-state index contributed by atoms with van der Waals surface area (Å²) in [7, 11) is 0. The molecule has 9 nitrogen and oxygen atoms in total. The van der Waals surface area contributed by atoms with Crippen molar-refractivity contribution in [1.29, 1.82) is 0 Å². The van der Waals surface area contributed by atoms with Crippen LogP contribution in [0, 0.1) is 11.6 Å². The van der Waals surface area contributed by atoms with Crippen molar-refractivity contribution in [2.24, 2.45) is 0 Å². The lowest BCUT2D eigenvalue weighted by Crippen LogP contribution is -2.61. The fraction of sp³-hybridized carbons (Fsp3) is 0.394. The van der Waals surface area contributed by atoms with E-state index < -0.39 is 11.6 Å². The van der Waals surface area contributed by atoms with Gasteiger partial charge in [0.2, 0.25) is 0 Å². The van der Waals surface area contributed by atoms with E-state index in [4.69, 9.17) is 4.74 Å². The fourth-order valence-electron chi connectivity index (χ4n) is 6.38. The molecule has 4 heterocycles. The summed E-state index contributed by atoms with van der Waals surface area (Å²) in [6, 6.07) is 16.0. The normalized spacial score (nSPS) is 18.4. The van der Waals surface area contributed by atoms with Crippen molar-refractivity contribution in [2.45, 2.75) is 31.3 Å². The zero-order chi connectivity index (χ0) is 30.0. The standard InChI is InChI=1S/C33H37F2N7O2/c34-23-14-22(15-24(35)17-23)13-21-1-4-30-29(16-21)32(40-39-30)38-33(43)28-3-2-26(18-31(28)37-25-5-11-44-12-6-25)41-7-9-42(10-8-41)27-19-36-20-27/h1-4,14-18,25,27,36-37H,5-13,19-20H2,(H2,38,39,40,43). The van der Waals surface area contributed by atoms with Crippen LogP contribution in [0.3, 0.4) is 0 Å². The summed E-state index contributed by atoms with van der Waals surface area (Å²) in [5.74, 6) is -1.08. The Morgan fingerprint density at radius 3 is 2.43 bits per heavy atom. The summed E-state index contributed by atoms with van der Waals surface area (Å²) in [4.78, 5) is 18.7. The van der Waals surface area contributed by atoms with Crippen LogP contribution in [-0.2, 0) is 11.2 Å². The van der Waals surface area contributed by atoms with Crippen LogP contribution in [0.1, 0.15) is 34.3 Å². The molecule has 3 saturated heterocycles. The van der Waals surface area contributed by atoms with Gasteiger partial charge in [0, 0.05) is 87.4 Å². The van der Waals surface area contributed by atoms with Crippen molar-refractivity contribution in [2.75, 3.05) is 68.0 Å². The first-order valence-electron chi connectivity index (χ1n) is 15.4. The largest absolute Gasteiger partial charge is 0.381 e. The minimum Gasteiger partial charge on any atom is -0.381 e. The van der Waals surface area contributed by atoms with E-state index in [1.807, 2.05) is 30.3 Å². The lowest BCUT2D eigenvalue weighted by atomic mass is 10.0.